The van der Waals surface area contributed by atoms with E-state index in [4.69, 9.17) is 4.74 Å². The van der Waals surface area contributed by atoms with E-state index in [1.54, 1.807) is 0 Å². The van der Waals surface area contributed by atoms with Gasteiger partial charge in [-0.3, -0.25) is 4.79 Å². The number of halogens is 1. The predicted octanol–water partition coefficient (Wildman–Crippen LogP) is 4.78. The van der Waals surface area contributed by atoms with Gasteiger partial charge in [-0.25, -0.2) is 4.68 Å². The van der Waals surface area contributed by atoms with Gasteiger partial charge in [0.15, 0.2) is 5.69 Å². The maximum atomic E-state index is 13.3. The van der Waals surface area contributed by atoms with Crippen LogP contribution in [0.15, 0.2) is 40.9 Å². The van der Waals surface area contributed by atoms with Crippen LogP contribution in [-0.4, -0.2) is 27.5 Å². The lowest BCUT2D eigenvalue weighted by molar-refractivity contribution is 0.0918. The zero-order valence-electron chi connectivity index (χ0n) is 17.0. The van der Waals surface area contributed by atoms with Crippen molar-refractivity contribution in [2.45, 2.75) is 45.1 Å². The highest BCUT2D eigenvalue weighted by Gasteiger charge is 2.35. The summed E-state index contributed by atoms with van der Waals surface area (Å²) in [6, 6.07) is 12.0. The van der Waals surface area contributed by atoms with Gasteiger partial charge in [-0.05, 0) is 56.5 Å². The van der Waals surface area contributed by atoms with E-state index in [9.17, 15) is 4.79 Å². The largest absolute Gasteiger partial charge is 0.493 e. The predicted molar refractivity (Wildman–Crippen MR) is 117 cm³/mol. The standard InChI is InChI=1S/C23H23BrN4O2/c1-13-11-14(2)22-18(12-13)19(9-10-30-22)25-23(29)20-21(15-3-4-15)28(27-26-20)17-7-5-16(24)6-8-17/h5-8,11-12,15,19H,3-4,9-10H2,1-2H3,(H,25,29). The fraction of sp³-hybridized carbons (Fsp3) is 0.348. The van der Waals surface area contributed by atoms with E-state index in [0.717, 1.165) is 57.6 Å². The molecule has 0 bridgehead atoms. The monoisotopic (exact) mass is 466 g/mol. The summed E-state index contributed by atoms with van der Waals surface area (Å²) in [7, 11) is 0. The fourth-order valence-corrected chi connectivity index (χ4v) is 4.47. The van der Waals surface area contributed by atoms with Crippen molar-refractivity contribution < 1.29 is 9.53 Å². The second-order valence-corrected chi connectivity index (χ2v) is 9.06. The van der Waals surface area contributed by atoms with Crippen LogP contribution in [0, 0.1) is 13.8 Å². The molecule has 1 fully saturated rings. The molecule has 1 saturated carbocycles. The molecule has 0 spiro atoms. The molecule has 3 aromatic rings. The Morgan fingerprint density at radius 1 is 1.17 bits per heavy atom. The summed E-state index contributed by atoms with van der Waals surface area (Å²) >= 11 is 3.47. The van der Waals surface area contributed by atoms with Gasteiger partial charge in [-0.2, -0.15) is 0 Å². The molecule has 1 N–H and O–H groups in total. The Bertz CT molecular complexity index is 1120. The van der Waals surface area contributed by atoms with Crippen molar-refractivity contribution in [3.8, 4) is 11.4 Å². The van der Waals surface area contributed by atoms with E-state index < -0.39 is 0 Å². The van der Waals surface area contributed by atoms with E-state index in [2.05, 4.69) is 50.6 Å². The van der Waals surface area contributed by atoms with Crippen molar-refractivity contribution >= 4 is 21.8 Å². The molecule has 154 valence electrons. The molecule has 1 atom stereocenters. The van der Waals surface area contributed by atoms with Crippen LogP contribution >= 0.6 is 15.9 Å². The summed E-state index contributed by atoms with van der Waals surface area (Å²) in [5.74, 6) is 1.05. The zero-order valence-corrected chi connectivity index (χ0v) is 18.6. The van der Waals surface area contributed by atoms with Crippen molar-refractivity contribution in [2.75, 3.05) is 6.61 Å². The third kappa shape index (κ3) is 3.51. The van der Waals surface area contributed by atoms with E-state index in [1.807, 2.05) is 35.9 Å². The Hall–Kier alpha value is -2.67. The molecule has 2 aromatic carbocycles. The number of carbonyl (C=O) groups excluding carboxylic acids is 1. The molecule has 0 saturated heterocycles. The molecule has 1 aliphatic heterocycles. The van der Waals surface area contributed by atoms with Gasteiger partial charge in [-0.1, -0.05) is 38.8 Å². The summed E-state index contributed by atoms with van der Waals surface area (Å²) in [4.78, 5) is 13.3. The SMILES string of the molecule is Cc1cc(C)c2c(c1)C(NC(=O)c1nnn(-c3ccc(Br)cc3)c1C1CC1)CCO2. The molecule has 7 heteroatoms. The summed E-state index contributed by atoms with van der Waals surface area (Å²) in [5, 5.41) is 11.8. The van der Waals surface area contributed by atoms with Crippen LogP contribution < -0.4 is 10.1 Å². The minimum atomic E-state index is -0.169. The van der Waals surface area contributed by atoms with E-state index in [-0.39, 0.29) is 11.9 Å². The molecule has 1 amide bonds. The number of amides is 1. The normalized spacial score (nSPS) is 17.9. The van der Waals surface area contributed by atoms with Crippen molar-refractivity contribution in [3.63, 3.8) is 0 Å². The molecule has 0 radical (unpaired) electrons. The Labute approximate surface area is 183 Å². The first-order valence-corrected chi connectivity index (χ1v) is 11.1. The number of hydrogen-bond acceptors (Lipinski definition) is 4. The molecule has 1 unspecified atom stereocenters. The minimum Gasteiger partial charge on any atom is -0.493 e. The van der Waals surface area contributed by atoms with Gasteiger partial charge in [0.05, 0.1) is 24.0 Å². The molecule has 6 nitrogen and oxygen atoms in total. The molecule has 1 aliphatic carbocycles. The van der Waals surface area contributed by atoms with Crippen molar-refractivity contribution in [2.24, 2.45) is 0 Å². The maximum absolute atomic E-state index is 13.3. The second kappa shape index (κ2) is 7.54. The number of nitrogens with zero attached hydrogens (tertiary/aromatic N) is 3. The van der Waals surface area contributed by atoms with Crippen LogP contribution in [0.5, 0.6) is 5.75 Å². The smallest absolute Gasteiger partial charge is 0.274 e. The third-order valence-corrected chi connectivity index (χ3v) is 6.27. The van der Waals surface area contributed by atoms with Gasteiger partial charge in [-0.15, -0.1) is 5.10 Å². The van der Waals surface area contributed by atoms with Crippen molar-refractivity contribution in [1.82, 2.24) is 20.3 Å². The van der Waals surface area contributed by atoms with E-state index >= 15 is 0 Å². The Morgan fingerprint density at radius 2 is 1.93 bits per heavy atom. The van der Waals surface area contributed by atoms with Crippen molar-refractivity contribution in [1.29, 1.82) is 0 Å². The Balaban J connectivity index is 1.46. The topological polar surface area (TPSA) is 69.0 Å². The number of fused-ring (bicyclic) bond motifs is 1. The number of benzene rings is 2. The number of nitrogens with one attached hydrogen (secondary N) is 1. The molecule has 1 aromatic heterocycles. The summed E-state index contributed by atoms with van der Waals surface area (Å²) < 4.78 is 8.69. The van der Waals surface area contributed by atoms with Crippen LogP contribution in [0.3, 0.4) is 0 Å². The summed E-state index contributed by atoms with van der Waals surface area (Å²) in [6.45, 7) is 4.70. The highest BCUT2D eigenvalue weighted by atomic mass is 79.9. The van der Waals surface area contributed by atoms with Gasteiger partial charge in [0.25, 0.3) is 5.91 Å². The van der Waals surface area contributed by atoms with Gasteiger partial charge >= 0.3 is 0 Å². The maximum Gasteiger partial charge on any atom is 0.274 e. The van der Waals surface area contributed by atoms with Crippen LogP contribution in [0.25, 0.3) is 5.69 Å². The number of rotatable bonds is 4. The van der Waals surface area contributed by atoms with Gasteiger partial charge in [0.2, 0.25) is 0 Å². The molecule has 2 aliphatic rings. The van der Waals surface area contributed by atoms with Crippen LogP contribution in [-0.2, 0) is 0 Å². The van der Waals surface area contributed by atoms with Crippen LogP contribution in [0.2, 0.25) is 0 Å². The fourth-order valence-electron chi connectivity index (χ4n) is 4.20. The third-order valence-electron chi connectivity index (χ3n) is 5.74. The average molecular weight is 467 g/mol. The number of hydrogen-bond donors (Lipinski definition) is 1. The second-order valence-electron chi connectivity index (χ2n) is 8.15. The van der Waals surface area contributed by atoms with Crippen LogP contribution in [0.4, 0.5) is 0 Å². The number of aromatic nitrogens is 3. The highest BCUT2D eigenvalue weighted by molar-refractivity contribution is 9.10. The van der Waals surface area contributed by atoms with Crippen molar-refractivity contribution in [3.05, 3.63) is 68.9 Å². The number of ether oxygens (including phenoxy) is 1. The molecule has 5 rings (SSSR count). The molecule has 30 heavy (non-hydrogen) atoms. The first-order valence-electron chi connectivity index (χ1n) is 10.3. The lowest BCUT2D eigenvalue weighted by atomic mass is 9.95. The summed E-state index contributed by atoms with van der Waals surface area (Å²) in [5.41, 5.74) is 5.55. The number of aryl methyl sites for hydroxylation is 2. The molecular formula is C23H23BrN4O2. The number of carbonyl (C=O) groups is 1. The van der Waals surface area contributed by atoms with Gasteiger partial charge < -0.3 is 10.1 Å². The Morgan fingerprint density at radius 3 is 2.67 bits per heavy atom. The molecular weight excluding hydrogens is 444 g/mol. The van der Waals surface area contributed by atoms with E-state index in [0.29, 0.717) is 18.2 Å². The van der Waals surface area contributed by atoms with Gasteiger partial charge in [0.1, 0.15) is 5.75 Å². The highest BCUT2D eigenvalue weighted by Crippen LogP contribution is 2.42. The van der Waals surface area contributed by atoms with E-state index in [1.165, 1.54) is 0 Å². The Kier molecular flexibility index (Phi) is 4.85. The van der Waals surface area contributed by atoms with Crippen LogP contribution in [0.1, 0.15) is 64.1 Å². The first-order chi connectivity index (χ1) is 14.5. The lowest BCUT2D eigenvalue weighted by Gasteiger charge is -2.28. The minimum absolute atomic E-state index is 0.0928. The summed E-state index contributed by atoms with van der Waals surface area (Å²) in [6.07, 6.45) is 2.85. The lowest BCUT2D eigenvalue weighted by Crippen LogP contribution is -2.33. The molecule has 2 heterocycles. The van der Waals surface area contributed by atoms with Gasteiger partial charge in [0, 0.05) is 22.4 Å². The average Bonchev–Trinajstić information content (AvgIpc) is 3.47. The quantitative estimate of drug-likeness (QED) is 0.600. The zero-order chi connectivity index (χ0) is 20.8. The first kappa shape index (κ1) is 19.3.